The molecular formula is C24H29ClN6O4S. The number of amides is 1. The number of morpholine rings is 1. The number of carbonyl (C=O) groups excluding carboxylic acids is 1. The van der Waals surface area contributed by atoms with E-state index >= 15 is 0 Å². The molecule has 192 valence electrons. The summed E-state index contributed by atoms with van der Waals surface area (Å²) in [6, 6.07) is 9.97. The van der Waals surface area contributed by atoms with Gasteiger partial charge < -0.3 is 24.8 Å². The van der Waals surface area contributed by atoms with Crippen LogP contribution in [0.1, 0.15) is 17.3 Å². The lowest BCUT2D eigenvalue weighted by atomic mass is 10.1. The molecule has 4 rings (SSSR count). The number of nitro benzene ring substituents is 1. The number of thiocarbonyl (C=S) groups is 1. The van der Waals surface area contributed by atoms with E-state index in [1.165, 1.54) is 6.07 Å². The van der Waals surface area contributed by atoms with E-state index in [2.05, 4.69) is 27.4 Å². The van der Waals surface area contributed by atoms with Gasteiger partial charge in [-0.1, -0.05) is 18.5 Å². The summed E-state index contributed by atoms with van der Waals surface area (Å²) in [6.07, 6.45) is 0. The normalized spacial score (nSPS) is 16.5. The summed E-state index contributed by atoms with van der Waals surface area (Å²) in [5.74, 6) is -0.541. The van der Waals surface area contributed by atoms with E-state index in [1.54, 1.807) is 18.2 Å². The van der Waals surface area contributed by atoms with Crippen LogP contribution in [0, 0.1) is 10.1 Å². The molecule has 0 spiro atoms. The number of ether oxygens (including phenoxy) is 1. The zero-order valence-corrected chi connectivity index (χ0v) is 21.6. The van der Waals surface area contributed by atoms with Crippen LogP contribution in [0.3, 0.4) is 0 Å². The fourth-order valence-electron chi connectivity index (χ4n) is 4.37. The second-order valence-corrected chi connectivity index (χ2v) is 9.37. The van der Waals surface area contributed by atoms with Crippen molar-refractivity contribution in [3.05, 3.63) is 57.1 Å². The van der Waals surface area contributed by atoms with Crippen molar-refractivity contribution < 1.29 is 14.5 Å². The minimum absolute atomic E-state index is 0.0697. The zero-order chi connectivity index (χ0) is 25.7. The average molecular weight is 533 g/mol. The lowest BCUT2D eigenvalue weighted by molar-refractivity contribution is -0.384. The van der Waals surface area contributed by atoms with Crippen molar-refractivity contribution in [2.75, 3.05) is 74.1 Å². The summed E-state index contributed by atoms with van der Waals surface area (Å²) >= 11 is 11.8. The Hall–Kier alpha value is -2.99. The number of nitrogens with one attached hydrogen (secondary N) is 2. The Morgan fingerprint density at radius 3 is 2.36 bits per heavy atom. The fourth-order valence-corrected chi connectivity index (χ4v) is 4.88. The highest BCUT2D eigenvalue weighted by atomic mass is 35.5. The zero-order valence-electron chi connectivity index (χ0n) is 20.0. The van der Waals surface area contributed by atoms with Crippen LogP contribution < -0.4 is 20.4 Å². The first kappa shape index (κ1) is 26.1. The standard InChI is InChI=1S/C24H29ClN6O4S/c1-2-28-7-9-29(10-8-28)20-6-4-18(16-19(20)25)26-24(36)27-23(32)17-3-5-21(22(15-17)31(33)34)30-11-13-35-14-12-30/h3-6,15-16H,2,7-14H2,1H3,(H2,26,27,32,36). The van der Waals surface area contributed by atoms with Crippen molar-refractivity contribution in [1.82, 2.24) is 10.2 Å². The highest BCUT2D eigenvalue weighted by Gasteiger charge is 2.24. The third-order valence-corrected chi connectivity index (χ3v) is 6.89. The average Bonchev–Trinajstić information content (AvgIpc) is 2.89. The number of piperazine rings is 1. The van der Waals surface area contributed by atoms with Gasteiger partial charge >= 0.3 is 0 Å². The largest absolute Gasteiger partial charge is 0.378 e. The topological polar surface area (TPSA) is 103 Å². The molecule has 0 atom stereocenters. The Bertz CT molecular complexity index is 1140. The van der Waals surface area contributed by atoms with Gasteiger partial charge in [-0.15, -0.1) is 0 Å². The molecule has 2 saturated heterocycles. The van der Waals surface area contributed by atoms with E-state index in [-0.39, 0.29) is 16.4 Å². The molecular weight excluding hydrogens is 504 g/mol. The highest BCUT2D eigenvalue weighted by molar-refractivity contribution is 7.80. The molecule has 12 heteroatoms. The van der Waals surface area contributed by atoms with Crippen molar-refractivity contribution in [3.63, 3.8) is 0 Å². The summed E-state index contributed by atoms with van der Waals surface area (Å²) in [5, 5.41) is 17.9. The lowest BCUT2D eigenvalue weighted by Gasteiger charge is -2.36. The fraction of sp³-hybridized carbons (Fsp3) is 0.417. The number of nitrogens with zero attached hydrogens (tertiary/aromatic N) is 4. The van der Waals surface area contributed by atoms with Crippen LogP contribution in [0.4, 0.5) is 22.7 Å². The molecule has 0 radical (unpaired) electrons. The Labute approximate surface area is 220 Å². The second kappa shape index (κ2) is 11.8. The van der Waals surface area contributed by atoms with Gasteiger partial charge in [0, 0.05) is 56.6 Å². The van der Waals surface area contributed by atoms with E-state index in [4.69, 9.17) is 28.6 Å². The van der Waals surface area contributed by atoms with Gasteiger partial charge in [-0.2, -0.15) is 0 Å². The summed E-state index contributed by atoms with van der Waals surface area (Å²) in [4.78, 5) is 30.5. The minimum atomic E-state index is -0.541. The van der Waals surface area contributed by atoms with Crippen LogP contribution >= 0.6 is 23.8 Å². The third kappa shape index (κ3) is 6.22. The molecule has 36 heavy (non-hydrogen) atoms. The number of benzene rings is 2. The van der Waals surface area contributed by atoms with Crippen molar-refractivity contribution in [2.45, 2.75) is 6.92 Å². The molecule has 2 aliphatic heterocycles. The number of nitro groups is 1. The van der Waals surface area contributed by atoms with E-state index in [9.17, 15) is 14.9 Å². The van der Waals surface area contributed by atoms with Gasteiger partial charge in [-0.05, 0) is 49.1 Å². The number of rotatable bonds is 6. The molecule has 10 nitrogen and oxygen atoms in total. The van der Waals surface area contributed by atoms with Gasteiger partial charge in [0.25, 0.3) is 11.6 Å². The lowest BCUT2D eigenvalue weighted by Crippen LogP contribution is -2.46. The van der Waals surface area contributed by atoms with Crippen molar-refractivity contribution >= 4 is 57.6 Å². The molecule has 2 N–H and O–H groups in total. The third-order valence-electron chi connectivity index (χ3n) is 6.38. The summed E-state index contributed by atoms with van der Waals surface area (Å²) < 4.78 is 5.32. The molecule has 2 aliphatic rings. The molecule has 2 aromatic carbocycles. The summed E-state index contributed by atoms with van der Waals surface area (Å²) in [7, 11) is 0. The quantitative estimate of drug-likeness (QED) is 0.329. The maximum atomic E-state index is 12.8. The van der Waals surface area contributed by atoms with Gasteiger partial charge in [0.05, 0.1) is 28.8 Å². The highest BCUT2D eigenvalue weighted by Crippen LogP contribution is 2.31. The van der Waals surface area contributed by atoms with Crippen LogP contribution in [0.2, 0.25) is 5.02 Å². The van der Waals surface area contributed by atoms with Crippen LogP contribution in [-0.2, 0) is 4.74 Å². The minimum Gasteiger partial charge on any atom is -0.378 e. The number of halogens is 1. The van der Waals surface area contributed by atoms with Gasteiger partial charge in [0.2, 0.25) is 0 Å². The van der Waals surface area contributed by atoms with Crippen molar-refractivity contribution in [1.29, 1.82) is 0 Å². The number of anilines is 3. The predicted molar refractivity (Wildman–Crippen MR) is 146 cm³/mol. The Morgan fingerprint density at radius 1 is 1.06 bits per heavy atom. The van der Waals surface area contributed by atoms with Crippen molar-refractivity contribution in [2.24, 2.45) is 0 Å². The summed E-state index contributed by atoms with van der Waals surface area (Å²) in [6.45, 7) is 9.11. The molecule has 0 aliphatic carbocycles. The maximum absolute atomic E-state index is 12.8. The van der Waals surface area contributed by atoms with E-state index in [1.807, 2.05) is 17.0 Å². The van der Waals surface area contributed by atoms with E-state index in [0.29, 0.717) is 42.7 Å². The first-order chi connectivity index (χ1) is 17.4. The van der Waals surface area contributed by atoms with E-state index < -0.39 is 10.8 Å². The Balaban J connectivity index is 1.38. The Kier molecular flexibility index (Phi) is 8.57. The second-order valence-electron chi connectivity index (χ2n) is 8.56. The predicted octanol–water partition coefficient (Wildman–Crippen LogP) is 3.35. The molecule has 0 bridgehead atoms. The summed E-state index contributed by atoms with van der Waals surface area (Å²) in [5.41, 5.74) is 2.06. The number of likely N-dealkylation sites (N-methyl/N-ethyl adjacent to an activating group) is 1. The molecule has 2 aromatic rings. The molecule has 2 heterocycles. The van der Waals surface area contributed by atoms with Crippen molar-refractivity contribution in [3.8, 4) is 0 Å². The molecule has 1 amide bonds. The van der Waals surface area contributed by atoms with Gasteiger partial charge in [0.15, 0.2) is 5.11 Å². The van der Waals surface area contributed by atoms with Gasteiger partial charge in [0.1, 0.15) is 5.69 Å². The van der Waals surface area contributed by atoms with Crippen LogP contribution in [0.5, 0.6) is 0 Å². The van der Waals surface area contributed by atoms with Crippen LogP contribution in [0.25, 0.3) is 0 Å². The number of hydrogen-bond acceptors (Lipinski definition) is 8. The SMILES string of the molecule is CCN1CCN(c2ccc(NC(=S)NC(=O)c3ccc(N4CCOCC4)c([N+](=O)[O-])c3)cc2Cl)CC1. The smallest absolute Gasteiger partial charge is 0.293 e. The van der Waals surface area contributed by atoms with Gasteiger partial charge in [-0.25, -0.2) is 0 Å². The maximum Gasteiger partial charge on any atom is 0.293 e. The van der Waals surface area contributed by atoms with Crippen LogP contribution in [-0.4, -0.2) is 79.9 Å². The van der Waals surface area contributed by atoms with E-state index in [0.717, 1.165) is 38.4 Å². The van der Waals surface area contributed by atoms with Crippen LogP contribution in [0.15, 0.2) is 36.4 Å². The molecule has 0 saturated carbocycles. The first-order valence-corrected chi connectivity index (χ1v) is 12.6. The monoisotopic (exact) mass is 532 g/mol. The van der Waals surface area contributed by atoms with Gasteiger partial charge in [-0.3, -0.25) is 20.2 Å². The Morgan fingerprint density at radius 2 is 1.72 bits per heavy atom. The number of hydrogen-bond donors (Lipinski definition) is 2. The molecule has 2 fully saturated rings. The first-order valence-electron chi connectivity index (χ1n) is 11.9. The number of carbonyl (C=O) groups is 1. The molecule has 0 unspecified atom stereocenters. The molecule has 0 aromatic heterocycles.